The van der Waals surface area contributed by atoms with Gasteiger partial charge in [-0.15, -0.1) is 0 Å². The number of alkyl halides is 3. The number of imidazole rings is 1. The number of rotatable bonds is 4. The van der Waals surface area contributed by atoms with Gasteiger partial charge in [0.1, 0.15) is 5.82 Å². The van der Waals surface area contributed by atoms with Gasteiger partial charge in [0.05, 0.1) is 16.9 Å². The highest BCUT2D eigenvalue weighted by atomic mass is 35.5. The van der Waals surface area contributed by atoms with Gasteiger partial charge in [-0.05, 0) is 30.7 Å². The van der Waals surface area contributed by atoms with Crippen LogP contribution < -0.4 is 5.32 Å². The summed E-state index contributed by atoms with van der Waals surface area (Å²) in [4.78, 5) is 7.79. The van der Waals surface area contributed by atoms with E-state index in [0.717, 1.165) is 23.5 Å². The van der Waals surface area contributed by atoms with Crippen molar-refractivity contribution in [3.05, 3.63) is 71.4 Å². The molecule has 0 aliphatic carbocycles. The van der Waals surface area contributed by atoms with Crippen LogP contribution in [0.2, 0.25) is 5.02 Å². The lowest BCUT2D eigenvalue weighted by Crippen LogP contribution is -2.11. The third kappa shape index (κ3) is 3.93. The summed E-state index contributed by atoms with van der Waals surface area (Å²) in [5.74, 6) is 0.209. The molecule has 3 rings (SSSR count). The molecule has 0 amide bonds. The van der Waals surface area contributed by atoms with Gasteiger partial charge in [-0.25, -0.2) is 9.97 Å². The first-order valence-electron chi connectivity index (χ1n) is 7.42. The van der Waals surface area contributed by atoms with E-state index in [9.17, 15) is 13.2 Å². The minimum Gasteiger partial charge on any atom is -0.362 e. The SMILES string of the molecule is C[C@@H](Nc1ncc(C(F)(F)F)cc1Cl)c1ccc(-n2ccnc2)cc1. The van der Waals surface area contributed by atoms with Crippen LogP contribution in [0.3, 0.4) is 0 Å². The number of hydrogen-bond acceptors (Lipinski definition) is 3. The van der Waals surface area contributed by atoms with E-state index in [1.54, 1.807) is 12.5 Å². The molecule has 1 aromatic carbocycles. The molecule has 4 nitrogen and oxygen atoms in total. The number of nitrogens with zero attached hydrogens (tertiary/aromatic N) is 3. The van der Waals surface area contributed by atoms with Crippen molar-refractivity contribution in [1.29, 1.82) is 0 Å². The van der Waals surface area contributed by atoms with Gasteiger partial charge in [0.2, 0.25) is 0 Å². The molecule has 0 saturated carbocycles. The van der Waals surface area contributed by atoms with E-state index in [1.165, 1.54) is 0 Å². The van der Waals surface area contributed by atoms with E-state index in [0.29, 0.717) is 0 Å². The molecule has 0 saturated heterocycles. The van der Waals surface area contributed by atoms with Crippen molar-refractivity contribution in [3.63, 3.8) is 0 Å². The highest BCUT2D eigenvalue weighted by Gasteiger charge is 2.31. The van der Waals surface area contributed by atoms with E-state index in [4.69, 9.17) is 11.6 Å². The zero-order valence-corrected chi connectivity index (χ0v) is 13.9. The summed E-state index contributed by atoms with van der Waals surface area (Å²) in [6, 6.07) is 8.38. The van der Waals surface area contributed by atoms with Gasteiger partial charge < -0.3 is 9.88 Å². The van der Waals surface area contributed by atoms with E-state index >= 15 is 0 Å². The van der Waals surface area contributed by atoms with Crippen molar-refractivity contribution in [1.82, 2.24) is 14.5 Å². The first-order chi connectivity index (χ1) is 11.8. The topological polar surface area (TPSA) is 42.7 Å². The lowest BCUT2D eigenvalue weighted by molar-refractivity contribution is -0.137. The first kappa shape index (κ1) is 17.3. The van der Waals surface area contributed by atoms with E-state index in [-0.39, 0.29) is 16.9 Å². The Morgan fingerprint density at radius 3 is 2.48 bits per heavy atom. The predicted octanol–water partition coefficient (Wildman–Crippen LogP) is 5.11. The van der Waals surface area contributed by atoms with Crippen LogP contribution in [0.1, 0.15) is 24.1 Å². The van der Waals surface area contributed by atoms with Crippen LogP contribution in [-0.4, -0.2) is 14.5 Å². The van der Waals surface area contributed by atoms with E-state index in [1.807, 2.05) is 42.0 Å². The van der Waals surface area contributed by atoms with Crippen molar-refractivity contribution in [2.75, 3.05) is 5.32 Å². The lowest BCUT2D eigenvalue weighted by Gasteiger charge is -2.17. The number of nitrogens with one attached hydrogen (secondary N) is 1. The molecule has 2 aromatic heterocycles. The van der Waals surface area contributed by atoms with E-state index in [2.05, 4.69) is 15.3 Å². The molecule has 0 spiro atoms. The third-order valence-corrected chi connectivity index (χ3v) is 4.01. The maximum Gasteiger partial charge on any atom is 0.417 e. The number of aromatic nitrogens is 3. The van der Waals surface area contributed by atoms with E-state index < -0.39 is 11.7 Å². The molecular formula is C17H14ClF3N4. The second-order valence-electron chi connectivity index (χ2n) is 5.48. The lowest BCUT2D eigenvalue weighted by atomic mass is 10.1. The molecule has 0 bridgehead atoms. The molecule has 0 fully saturated rings. The quantitative estimate of drug-likeness (QED) is 0.697. The molecule has 25 heavy (non-hydrogen) atoms. The van der Waals surface area contributed by atoms with Crippen molar-refractivity contribution >= 4 is 17.4 Å². The van der Waals surface area contributed by atoms with Gasteiger partial charge in [0.25, 0.3) is 0 Å². The Bertz CT molecular complexity index is 845. The zero-order valence-electron chi connectivity index (χ0n) is 13.1. The third-order valence-electron chi connectivity index (χ3n) is 3.72. The molecule has 1 atom stereocenters. The molecule has 2 heterocycles. The summed E-state index contributed by atoms with van der Waals surface area (Å²) in [6.07, 6.45) is 1.52. The maximum atomic E-state index is 12.7. The Labute approximate surface area is 147 Å². The number of anilines is 1. The molecule has 0 aliphatic heterocycles. The predicted molar refractivity (Wildman–Crippen MR) is 89.9 cm³/mol. The maximum absolute atomic E-state index is 12.7. The highest BCUT2D eigenvalue weighted by molar-refractivity contribution is 6.33. The van der Waals surface area contributed by atoms with Gasteiger partial charge in [0.15, 0.2) is 0 Å². The Hall–Kier alpha value is -2.54. The fourth-order valence-electron chi connectivity index (χ4n) is 2.33. The summed E-state index contributed by atoms with van der Waals surface area (Å²) >= 11 is 5.92. The smallest absolute Gasteiger partial charge is 0.362 e. The first-order valence-corrected chi connectivity index (χ1v) is 7.80. The summed E-state index contributed by atoms with van der Waals surface area (Å²) < 4.78 is 39.8. The second kappa shape index (κ2) is 6.76. The van der Waals surface area contributed by atoms with Crippen molar-refractivity contribution in [2.45, 2.75) is 19.1 Å². The second-order valence-corrected chi connectivity index (χ2v) is 5.89. The standard InChI is InChI=1S/C17H14ClF3N4/c1-11(12-2-4-14(5-3-12)25-7-6-22-10-25)24-16-15(18)8-13(9-23-16)17(19,20)21/h2-11H,1H3,(H,23,24)/t11-/m1/s1. The van der Waals surface area contributed by atoms with Gasteiger partial charge in [0, 0.05) is 30.3 Å². The van der Waals surface area contributed by atoms with Crippen molar-refractivity contribution < 1.29 is 13.2 Å². The van der Waals surface area contributed by atoms with Crippen LogP contribution in [0.15, 0.2) is 55.2 Å². The highest BCUT2D eigenvalue weighted by Crippen LogP contribution is 2.33. The summed E-state index contributed by atoms with van der Waals surface area (Å²) in [7, 11) is 0. The Kier molecular flexibility index (Phi) is 4.67. The van der Waals surface area contributed by atoms with Crippen molar-refractivity contribution in [3.8, 4) is 5.69 Å². The fraction of sp³-hybridized carbons (Fsp3) is 0.176. The minimum atomic E-state index is -4.47. The van der Waals surface area contributed by atoms with Crippen LogP contribution in [0, 0.1) is 0 Å². The number of hydrogen-bond donors (Lipinski definition) is 1. The minimum absolute atomic E-state index is 0.0725. The Balaban J connectivity index is 1.75. The van der Waals surface area contributed by atoms with Crippen LogP contribution in [-0.2, 0) is 6.18 Å². The molecule has 8 heteroatoms. The molecule has 0 aliphatic rings. The van der Waals surface area contributed by atoms with Crippen LogP contribution >= 0.6 is 11.6 Å². The largest absolute Gasteiger partial charge is 0.417 e. The number of benzene rings is 1. The van der Waals surface area contributed by atoms with Crippen molar-refractivity contribution in [2.24, 2.45) is 0 Å². The average molecular weight is 367 g/mol. The number of pyridine rings is 1. The molecule has 1 N–H and O–H groups in total. The molecule has 3 aromatic rings. The summed E-state index contributed by atoms with van der Waals surface area (Å²) in [5.41, 5.74) is 1.03. The normalized spacial score (nSPS) is 12.8. The molecule has 130 valence electrons. The zero-order chi connectivity index (χ0) is 18.0. The van der Waals surface area contributed by atoms with Gasteiger partial charge in [-0.3, -0.25) is 0 Å². The van der Waals surface area contributed by atoms with Crippen LogP contribution in [0.4, 0.5) is 19.0 Å². The van der Waals surface area contributed by atoms with Crippen LogP contribution in [0.5, 0.6) is 0 Å². The van der Waals surface area contributed by atoms with Crippen LogP contribution in [0.25, 0.3) is 5.69 Å². The monoisotopic (exact) mass is 366 g/mol. The summed E-state index contributed by atoms with van der Waals surface area (Å²) in [5, 5.41) is 2.96. The molecule has 0 radical (unpaired) electrons. The van der Waals surface area contributed by atoms with Gasteiger partial charge >= 0.3 is 6.18 Å². The Morgan fingerprint density at radius 2 is 1.92 bits per heavy atom. The molecular weight excluding hydrogens is 353 g/mol. The number of halogens is 4. The Morgan fingerprint density at radius 1 is 1.20 bits per heavy atom. The average Bonchev–Trinajstić information content (AvgIpc) is 3.10. The van der Waals surface area contributed by atoms with Gasteiger partial charge in [-0.2, -0.15) is 13.2 Å². The summed E-state index contributed by atoms with van der Waals surface area (Å²) in [6.45, 7) is 1.88. The van der Waals surface area contributed by atoms with Gasteiger partial charge in [-0.1, -0.05) is 23.7 Å². The molecule has 0 unspecified atom stereocenters. The fourth-order valence-corrected chi connectivity index (χ4v) is 2.56.